The second kappa shape index (κ2) is 10.5. The van der Waals surface area contributed by atoms with Gasteiger partial charge in [0.05, 0.1) is 18.1 Å². The molecule has 4 rings (SSSR count). The molecule has 3 aromatic carbocycles. The van der Waals surface area contributed by atoms with Gasteiger partial charge >= 0.3 is 0 Å². The summed E-state index contributed by atoms with van der Waals surface area (Å²) >= 11 is 0. The second-order valence-electron chi connectivity index (χ2n) is 7.51. The van der Waals surface area contributed by atoms with Gasteiger partial charge in [-0.2, -0.15) is 9.41 Å². The first-order valence-corrected chi connectivity index (χ1v) is 12.1. The van der Waals surface area contributed by atoms with Gasteiger partial charge in [-0.15, -0.1) is 0 Å². The molecule has 9 heteroatoms. The molecule has 0 unspecified atom stereocenters. The number of amides is 1. The first kappa shape index (κ1) is 23.5. The highest BCUT2D eigenvalue weighted by atomic mass is 32.2. The van der Waals surface area contributed by atoms with Crippen LogP contribution in [0.25, 0.3) is 0 Å². The number of morpholine rings is 1. The van der Waals surface area contributed by atoms with E-state index in [4.69, 9.17) is 4.74 Å². The minimum atomic E-state index is -3.76. The van der Waals surface area contributed by atoms with Crippen LogP contribution in [-0.4, -0.2) is 56.4 Å². The van der Waals surface area contributed by atoms with Crippen molar-refractivity contribution in [1.82, 2.24) is 9.73 Å². The van der Waals surface area contributed by atoms with Crippen molar-refractivity contribution < 1.29 is 22.7 Å². The van der Waals surface area contributed by atoms with Crippen LogP contribution in [-0.2, 0) is 14.8 Å². The molecular formula is C25H23N3O5S. The van der Waals surface area contributed by atoms with Gasteiger partial charge in [-0.3, -0.25) is 9.59 Å². The van der Waals surface area contributed by atoms with Gasteiger partial charge in [0, 0.05) is 29.8 Å². The normalized spacial score (nSPS) is 15.0. The summed E-state index contributed by atoms with van der Waals surface area (Å²) in [6, 6.07) is 23.2. The number of carbonyl (C=O) groups is 2. The molecule has 3 aromatic rings. The maximum Gasteiger partial charge on any atom is 0.271 e. The van der Waals surface area contributed by atoms with Gasteiger partial charge < -0.3 is 4.74 Å². The Morgan fingerprint density at radius 2 is 1.38 bits per heavy atom. The predicted octanol–water partition coefficient (Wildman–Crippen LogP) is 2.72. The predicted molar refractivity (Wildman–Crippen MR) is 127 cm³/mol. The molecule has 1 aliphatic rings. The van der Waals surface area contributed by atoms with E-state index >= 15 is 0 Å². The van der Waals surface area contributed by atoms with Crippen LogP contribution in [0.15, 0.2) is 94.9 Å². The Morgan fingerprint density at radius 3 is 2.03 bits per heavy atom. The highest BCUT2D eigenvalue weighted by molar-refractivity contribution is 7.89. The molecule has 0 atom stereocenters. The molecule has 0 aromatic heterocycles. The van der Waals surface area contributed by atoms with Crippen molar-refractivity contribution in [2.75, 3.05) is 26.3 Å². The molecule has 0 aliphatic carbocycles. The van der Waals surface area contributed by atoms with Crippen molar-refractivity contribution in [2.24, 2.45) is 5.10 Å². The van der Waals surface area contributed by atoms with E-state index in [1.165, 1.54) is 28.6 Å². The van der Waals surface area contributed by atoms with Crippen molar-refractivity contribution in [3.63, 3.8) is 0 Å². The maximum atomic E-state index is 13.1. The van der Waals surface area contributed by atoms with Gasteiger partial charge in [0.1, 0.15) is 5.71 Å². The van der Waals surface area contributed by atoms with E-state index < -0.39 is 15.9 Å². The van der Waals surface area contributed by atoms with E-state index in [-0.39, 0.29) is 35.0 Å². The van der Waals surface area contributed by atoms with Gasteiger partial charge in [-0.25, -0.2) is 13.8 Å². The molecule has 8 nitrogen and oxygen atoms in total. The zero-order valence-electron chi connectivity index (χ0n) is 18.3. The molecule has 1 fully saturated rings. The zero-order chi connectivity index (χ0) is 24.0. The molecular weight excluding hydrogens is 454 g/mol. The molecule has 1 saturated heterocycles. The van der Waals surface area contributed by atoms with Crippen LogP contribution >= 0.6 is 0 Å². The van der Waals surface area contributed by atoms with Crippen LogP contribution in [0, 0.1) is 0 Å². The minimum Gasteiger partial charge on any atom is -0.379 e. The lowest BCUT2D eigenvalue weighted by Crippen LogP contribution is -2.40. The first-order chi connectivity index (χ1) is 16.5. The van der Waals surface area contributed by atoms with Gasteiger partial charge in [0.15, 0.2) is 0 Å². The quantitative estimate of drug-likeness (QED) is 0.320. The molecule has 1 aliphatic heterocycles. The molecule has 1 N–H and O–H groups in total. The molecule has 0 spiro atoms. The molecule has 34 heavy (non-hydrogen) atoms. The number of carbonyl (C=O) groups excluding carboxylic acids is 2. The number of hydrogen-bond donors (Lipinski definition) is 1. The van der Waals surface area contributed by atoms with Crippen LogP contribution in [0.5, 0.6) is 0 Å². The molecule has 0 radical (unpaired) electrons. The number of rotatable bonds is 7. The molecule has 0 saturated carbocycles. The lowest BCUT2D eigenvalue weighted by molar-refractivity contribution is 0.0730. The summed E-state index contributed by atoms with van der Waals surface area (Å²) in [6.45, 7) is 1.16. The largest absolute Gasteiger partial charge is 0.379 e. The Labute approximate surface area is 197 Å². The third kappa shape index (κ3) is 5.28. The van der Waals surface area contributed by atoms with E-state index in [1.807, 2.05) is 6.07 Å². The van der Waals surface area contributed by atoms with Crippen molar-refractivity contribution in [3.8, 4) is 0 Å². The van der Waals surface area contributed by atoms with E-state index in [1.54, 1.807) is 54.6 Å². The van der Waals surface area contributed by atoms with Crippen molar-refractivity contribution in [2.45, 2.75) is 4.90 Å². The van der Waals surface area contributed by atoms with Crippen molar-refractivity contribution >= 4 is 27.4 Å². The van der Waals surface area contributed by atoms with Gasteiger partial charge in [0.2, 0.25) is 15.8 Å². The average molecular weight is 478 g/mol. The summed E-state index contributed by atoms with van der Waals surface area (Å²) in [6.07, 6.45) is 0. The maximum absolute atomic E-state index is 13.1. The van der Waals surface area contributed by atoms with Gasteiger partial charge in [-0.05, 0) is 18.2 Å². The first-order valence-electron chi connectivity index (χ1n) is 10.7. The topological polar surface area (TPSA) is 105 Å². The third-order valence-electron chi connectivity index (χ3n) is 5.27. The molecule has 1 heterocycles. The Hall–Kier alpha value is -3.66. The van der Waals surface area contributed by atoms with Crippen LogP contribution < -0.4 is 5.43 Å². The Kier molecular flexibility index (Phi) is 7.27. The number of nitrogens with zero attached hydrogens (tertiary/aromatic N) is 2. The smallest absolute Gasteiger partial charge is 0.271 e. The highest BCUT2D eigenvalue weighted by Crippen LogP contribution is 2.18. The molecule has 0 bridgehead atoms. The number of hydrogen-bond acceptors (Lipinski definition) is 6. The fourth-order valence-electron chi connectivity index (χ4n) is 3.47. The lowest BCUT2D eigenvalue weighted by atomic mass is 10.0. The van der Waals surface area contributed by atoms with E-state index in [0.717, 1.165) is 0 Å². The van der Waals surface area contributed by atoms with E-state index in [0.29, 0.717) is 24.3 Å². The monoisotopic (exact) mass is 477 g/mol. The Bertz CT molecular complexity index is 1300. The standard InChI is InChI=1S/C25H23N3O5S/c29-24(20-10-5-2-6-11-20)23(19-8-3-1-4-9-19)26-27-25(30)21-12-7-13-22(18-21)34(31,32)28-14-16-33-17-15-28/h1-13,18H,14-17H2,(H,27,30)/b26-23-. The van der Waals surface area contributed by atoms with Crippen LogP contribution in [0.4, 0.5) is 0 Å². The fraction of sp³-hybridized carbons (Fsp3) is 0.160. The summed E-state index contributed by atoms with van der Waals surface area (Å²) in [4.78, 5) is 25.9. The number of ketones is 1. The Balaban J connectivity index is 1.60. The number of benzene rings is 3. The lowest BCUT2D eigenvalue weighted by Gasteiger charge is -2.26. The van der Waals surface area contributed by atoms with Crippen LogP contribution in [0.3, 0.4) is 0 Å². The van der Waals surface area contributed by atoms with Crippen molar-refractivity contribution in [1.29, 1.82) is 0 Å². The summed E-state index contributed by atoms with van der Waals surface area (Å²) in [7, 11) is -3.76. The second-order valence-corrected chi connectivity index (χ2v) is 9.44. The number of hydrazone groups is 1. The summed E-state index contributed by atoms with van der Waals surface area (Å²) in [5.74, 6) is -0.982. The minimum absolute atomic E-state index is 0.00896. The molecule has 1 amide bonds. The number of sulfonamides is 1. The van der Waals surface area contributed by atoms with Crippen molar-refractivity contribution in [3.05, 3.63) is 102 Å². The zero-order valence-corrected chi connectivity index (χ0v) is 19.1. The average Bonchev–Trinajstić information content (AvgIpc) is 2.90. The summed E-state index contributed by atoms with van der Waals surface area (Å²) in [5.41, 5.74) is 3.55. The third-order valence-corrected chi connectivity index (χ3v) is 7.17. The SMILES string of the molecule is O=C(N/N=C(\C(=O)c1ccccc1)c1ccccc1)c1cccc(S(=O)(=O)N2CCOCC2)c1. The van der Waals surface area contributed by atoms with E-state index in [2.05, 4.69) is 10.5 Å². The highest BCUT2D eigenvalue weighted by Gasteiger charge is 2.27. The van der Waals surface area contributed by atoms with E-state index in [9.17, 15) is 18.0 Å². The van der Waals surface area contributed by atoms with Gasteiger partial charge in [0.25, 0.3) is 5.91 Å². The molecule has 174 valence electrons. The van der Waals surface area contributed by atoms with Crippen LogP contribution in [0.2, 0.25) is 0 Å². The number of Topliss-reactive ketones (excluding diaryl/α,β-unsaturated/α-hetero) is 1. The Morgan fingerprint density at radius 1 is 0.794 bits per heavy atom. The van der Waals surface area contributed by atoms with Gasteiger partial charge in [-0.1, -0.05) is 66.7 Å². The summed E-state index contributed by atoms with van der Waals surface area (Å²) in [5, 5.41) is 4.12. The number of ether oxygens (including phenoxy) is 1. The number of nitrogens with one attached hydrogen (secondary N) is 1. The fourth-order valence-corrected chi connectivity index (χ4v) is 4.93. The van der Waals surface area contributed by atoms with Crippen LogP contribution in [0.1, 0.15) is 26.3 Å². The summed E-state index contributed by atoms with van der Waals surface area (Å²) < 4.78 is 32.4.